The summed E-state index contributed by atoms with van der Waals surface area (Å²) in [7, 11) is 0. The number of aliphatic hydroxyl groups excluding tert-OH is 1. The highest BCUT2D eigenvalue weighted by Gasteiger charge is 2.65. The Hall–Kier alpha value is -2.74. The maximum atomic E-state index is 14.1. The minimum Gasteiger partial charge on any atom is -0.396 e. The largest absolute Gasteiger partial charge is 0.396 e. The van der Waals surface area contributed by atoms with Crippen molar-refractivity contribution in [2.75, 3.05) is 16.8 Å². The minimum absolute atomic E-state index is 0.0878. The quantitative estimate of drug-likeness (QED) is 0.625. The Labute approximate surface area is 194 Å². The van der Waals surface area contributed by atoms with Gasteiger partial charge in [0.2, 0.25) is 5.91 Å². The number of anilines is 2. The molecule has 2 aromatic rings. The lowest BCUT2D eigenvalue weighted by Gasteiger charge is -2.34. The Bertz CT molecular complexity index is 1060. The van der Waals surface area contributed by atoms with Gasteiger partial charge in [-0.1, -0.05) is 37.3 Å². The molecule has 2 aliphatic heterocycles. The van der Waals surface area contributed by atoms with E-state index >= 15 is 0 Å². The molecule has 0 bridgehead atoms. The maximum absolute atomic E-state index is 14.1. The molecule has 2 aliphatic rings. The molecule has 0 saturated carbocycles. The zero-order valence-electron chi connectivity index (χ0n) is 19.5. The van der Waals surface area contributed by atoms with Gasteiger partial charge in [-0.2, -0.15) is 0 Å². The van der Waals surface area contributed by atoms with Crippen LogP contribution in [-0.2, 0) is 26.5 Å². The Balaban J connectivity index is 1.75. The second-order valence-corrected chi connectivity index (χ2v) is 9.66. The Morgan fingerprint density at radius 3 is 2.61 bits per heavy atom. The number of rotatable bonds is 6. The standard InChI is InChI=1S/C26H32N2O5/c1-16-23(25(3,4)32)22(12-13-29)33-26(16)20-10-5-6-11-21(20)28(24(26)31)15-18-8-7-9-19(14-18)27-17(2)30/h5-11,14,16,22-23,29,32H,12-13,15H2,1-4H3,(H,27,30)/t16-,22+,23-,26+/m0/s1. The van der Waals surface area contributed by atoms with Gasteiger partial charge in [0.25, 0.3) is 5.91 Å². The predicted molar refractivity (Wildman–Crippen MR) is 126 cm³/mol. The van der Waals surface area contributed by atoms with E-state index in [1.807, 2.05) is 55.5 Å². The molecule has 2 heterocycles. The van der Waals surface area contributed by atoms with Gasteiger partial charge in [0.1, 0.15) is 0 Å². The summed E-state index contributed by atoms with van der Waals surface area (Å²) >= 11 is 0. The fourth-order valence-electron chi connectivity index (χ4n) is 5.72. The SMILES string of the molecule is CC(=O)Nc1cccc(CN2C(=O)[C@]3(O[C@H](CCO)[C@@H](C(C)(C)O)[C@@H]3C)c3ccccc32)c1. The number of carbonyl (C=O) groups is 2. The molecule has 1 fully saturated rings. The number of carbonyl (C=O) groups excluding carboxylic acids is 2. The summed E-state index contributed by atoms with van der Waals surface area (Å²) in [4.78, 5) is 27.3. The van der Waals surface area contributed by atoms with Gasteiger partial charge in [-0.15, -0.1) is 0 Å². The van der Waals surface area contributed by atoms with Crippen molar-refractivity contribution in [1.82, 2.24) is 0 Å². The molecule has 1 spiro atoms. The monoisotopic (exact) mass is 452 g/mol. The van der Waals surface area contributed by atoms with Crippen LogP contribution in [0.4, 0.5) is 11.4 Å². The first-order valence-corrected chi connectivity index (χ1v) is 11.4. The van der Waals surface area contributed by atoms with Crippen molar-refractivity contribution in [3.8, 4) is 0 Å². The lowest BCUT2D eigenvalue weighted by Crippen LogP contribution is -2.46. The van der Waals surface area contributed by atoms with E-state index in [1.54, 1.807) is 18.7 Å². The molecule has 0 radical (unpaired) electrons. The smallest absolute Gasteiger partial charge is 0.264 e. The van der Waals surface area contributed by atoms with Crippen molar-refractivity contribution in [1.29, 1.82) is 0 Å². The summed E-state index contributed by atoms with van der Waals surface area (Å²) in [6, 6.07) is 15.0. The average Bonchev–Trinajstić information content (AvgIpc) is 3.16. The molecule has 176 valence electrons. The third-order valence-electron chi connectivity index (χ3n) is 6.89. The van der Waals surface area contributed by atoms with E-state index in [-0.39, 0.29) is 30.3 Å². The molecule has 0 aromatic heterocycles. The first kappa shape index (κ1) is 23.4. The Morgan fingerprint density at radius 1 is 1.21 bits per heavy atom. The van der Waals surface area contributed by atoms with E-state index in [4.69, 9.17) is 4.74 Å². The van der Waals surface area contributed by atoms with Gasteiger partial charge in [-0.25, -0.2) is 0 Å². The van der Waals surface area contributed by atoms with Gasteiger partial charge in [-0.05, 0) is 44.0 Å². The van der Waals surface area contributed by atoms with Crippen LogP contribution >= 0.6 is 0 Å². The molecule has 0 aliphatic carbocycles. The van der Waals surface area contributed by atoms with Crippen molar-refractivity contribution in [2.24, 2.45) is 11.8 Å². The molecule has 2 aromatic carbocycles. The number of ether oxygens (including phenoxy) is 1. The van der Waals surface area contributed by atoms with Crippen LogP contribution in [-0.4, -0.2) is 40.3 Å². The van der Waals surface area contributed by atoms with E-state index < -0.39 is 17.3 Å². The number of aliphatic hydroxyl groups is 2. The van der Waals surface area contributed by atoms with Crippen molar-refractivity contribution >= 4 is 23.2 Å². The second-order valence-electron chi connectivity index (χ2n) is 9.66. The van der Waals surface area contributed by atoms with E-state index in [0.29, 0.717) is 18.7 Å². The number of hydrogen-bond acceptors (Lipinski definition) is 5. The van der Waals surface area contributed by atoms with Gasteiger partial charge in [0.15, 0.2) is 5.60 Å². The summed E-state index contributed by atoms with van der Waals surface area (Å²) in [5.41, 5.74) is 0.797. The van der Waals surface area contributed by atoms with Gasteiger partial charge in [-0.3, -0.25) is 9.59 Å². The average molecular weight is 453 g/mol. The van der Waals surface area contributed by atoms with Crippen molar-refractivity contribution in [3.63, 3.8) is 0 Å². The van der Waals surface area contributed by atoms with Crippen molar-refractivity contribution in [2.45, 2.75) is 58.0 Å². The van der Waals surface area contributed by atoms with Gasteiger partial charge in [0, 0.05) is 36.6 Å². The molecule has 4 rings (SSSR count). The minimum atomic E-state index is -1.23. The van der Waals surface area contributed by atoms with Gasteiger partial charge >= 0.3 is 0 Å². The van der Waals surface area contributed by atoms with E-state index in [9.17, 15) is 19.8 Å². The zero-order valence-corrected chi connectivity index (χ0v) is 19.5. The molecular formula is C26H32N2O5. The second kappa shape index (κ2) is 8.56. The highest BCUT2D eigenvalue weighted by atomic mass is 16.5. The third kappa shape index (κ3) is 3.94. The summed E-state index contributed by atoms with van der Waals surface area (Å²) in [6.45, 7) is 7.11. The number of benzene rings is 2. The molecule has 2 amide bonds. The number of fused-ring (bicyclic) bond motifs is 2. The predicted octanol–water partition coefficient (Wildman–Crippen LogP) is 3.19. The van der Waals surface area contributed by atoms with Gasteiger partial charge < -0.3 is 25.2 Å². The first-order chi connectivity index (χ1) is 15.6. The zero-order chi connectivity index (χ0) is 24.0. The van der Waals surface area contributed by atoms with E-state index in [0.717, 1.165) is 16.8 Å². The van der Waals surface area contributed by atoms with Crippen LogP contribution in [0.3, 0.4) is 0 Å². The van der Waals surface area contributed by atoms with Crippen LogP contribution in [0.2, 0.25) is 0 Å². The number of nitrogens with one attached hydrogen (secondary N) is 1. The summed E-state index contributed by atoms with van der Waals surface area (Å²) in [5, 5.41) is 23.4. The fraction of sp³-hybridized carbons (Fsp3) is 0.462. The van der Waals surface area contributed by atoms with Crippen LogP contribution in [0.5, 0.6) is 0 Å². The molecular weight excluding hydrogens is 420 g/mol. The van der Waals surface area contributed by atoms with Crippen LogP contribution in [0, 0.1) is 11.8 Å². The maximum Gasteiger partial charge on any atom is 0.264 e. The molecule has 3 N–H and O–H groups in total. The lowest BCUT2D eigenvalue weighted by atomic mass is 9.71. The van der Waals surface area contributed by atoms with E-state index in [1.165, 1.54) is 6.92 Å². The number of hydrogen-bond donors (Lipinski definition) is 3. The van der Waals surface area contributed by atoms with Crippen LogP contribution in [0.1, 0.15) is 45.2 Å². The summed E-state index contributed by atoms with van der Waals surface area (Å²) < 4.78 is 6.52. The molecule has 4 atom stereocenters. The van der Waals surface area contributed by atoms with Crippen molar-refractivity contribution in [3.05, 3.63) is 59.7 Å². The highest BCUT2D eigenvalue weighted by Crippen LogP contribution is 2.57. The highest BCUT2D eigenvalue weighted by molar-refractivity contribution is 6.07. The molecule has 1 saturated heterocycles. The Morgan fingerprint density at radius 2 is 1.94 bits per heavy atom. The lowest BCUT2D eigenvalue weighted by molar-refractivity contribution is -0.146. The van der Waals surface area contributed by atoms with Gasteiger partial charge in [0.05, 0.1) is 23.9 Å². The molecule has 33 heavy (non-hydrogen) atoms. The molecule has 7 nitrogen and oxygen atoms in total. The number of nitrogens with zero attached hydrogens (tertiary/aromatic N) is 1. The topological polar surface area (TPSA) is 99.1 Å². The molecule has 7 heteroatoms. The number of para-hydroxylation sites is 1. The normalized spacial score (nSPS) is 26.7. The summed E-state index contributed by atoms with van der Waals surface area (Å²) in [6.07, 6.45) is -0.111. The van der Waals surface area contributed by atoms with Crippen LogP contribution in [0.25, 0.3) is 0 Å². The fourth-order valence-corrected chi connectivity index (χ4v) is 5.72. The molecule has 0 unspecified atom stereocenters. The first-order valence-electron chi connectivity index (χ1n) is 11.4. The van der Waals surface area contributed by atoms with E-state index in [2.05, 4.69) is 5.32 Å². The third-order valence-corrected chi connectivity index (χ3v) is 6.89. The number of amides is 2. The van der Waals surface area contributed by atoms with Crippen molar-refractivity contribution < 1.29 is 24.5 Å². The Kier molecular flexibility index (Phi) is 6.07. The van der Waals surface area contributed by atoms with Crippen LogP contribution in [0.15, 0.2) is 48.5 Å². The summed E-state index contributed by atoms with van der Waals surface area (Å²) in [5.74, 6) is -0.964. The van der Waals surface area contributed by atoms with Crippen LogP contribution < -0.4 is 10.2 Å².